The zero-order chi connectivity index (χ0) is 22.2. The molecular weight excluding hydrogens is 412 g/mol. The van der Waals surface area contributed by atoms with E-state index in [9.17, 15) is 15.0 Å². The van der Waals surface area contributed by atoms with Gasteiger partial charge in [0.15, 0.2) is 0 Å². The number of fused-ring (bicyclic) bond motifs is 1. The predicted molar refractivity (Wildman–Crippen MR) is 126 cm³/mol. The Hall–Kier alpha value is -1.83. The molecule has 1 fully saturated rings. The molecule has 1 aliphatic rings. The van der Waals surface area contributed by atoms with E-state index in [0.717, 1.165) is 66.2 Å². The van der Waals surface area contributed by atoms with Crippen molar-refractivity contribution in [3.63, 3.8) is 0 Å². The molecule has 7 heteroatoms. The molecule has 0 spiro atoms. The quantitative estimate of drug-likeness (QED) is 0.500. The Kier molecular flexibility index (Phi) is 8.99. The first kappa shape index (κ1) is 23.8. The van der Waals surface area contributed by atoms with Crippen LogP contribution in [0.4, 0.5) is 0 Å². The first-order valence-electron chi connectivity index (χ1n) is 11.1. The molecule has 1 aliphatic heterocycles. The van der Waals surface area contributed by atoms with Crippen LogP contribution in [0.15, 0.2) is 30.5 Å². The van der Waals surface area contributed by atoms with Gasteiger partial charge in [0, 0.05) is 36.8 Å². The average molecular weight is 447 g/mol. The summed E-state index contributed by atoms with van der Waals surface area (Å²) in [6.07, 6.45) is 3.75. The van der Waals surface area contributed by atoms with E-state index in [-0.39, 0.29) is 12.3 Å². The number of aliphatic hydroxyl groups is 1. The molecular formula is C24H34N2O4S. The fourth-order valence-electron chi connectivity index (χ4n) is 4.62. The number of hydrogen-bond acceptors (Lipinski definition) is 6. The number of aliphatic carboxylic acids is 1. The second kappa shape index (κ2) is 11.7. The third-order valence-electron chi connectivity index (χ3n) is 6.32. The summed E-state index contributed by atoms with van der Waals surface area (Å²) in [6, 6.07) is 7.56. The highest BCUT2D eigenvalue weighted by Crippen LogP contribution is 2.34. The van der Waals surface area contributed by atoms with Crippen LogP contribution in [0.1, 0.15) is 44.3 Å². The van der Waals surface area contributed by atoms with E-state index in [1.54, 1.807) is 13.3 Å². The Morgan fingerprint density at radius 2 is 2.19 bits per heavy atom. The molecule has 0 radical (unpaired) electrons. The van der Waals surface area contributed by atoms with Crippen LogP contribution in [0.2, 0.25) is 0 Å². The van der Waals surface area contributed by atoms with Crippen LogP contribution >= 0.6 is 11.8 Å². The number of carboxylic acids is 1. The van der Waals surface area contributed by atoms with Crippen LogP contribution in [-0.4, -0.2) is 64.3 Å². The van der Waals surface area contributed by atoms with Gasteiger partial charge in [-0.2, -0.15) is 11.8 Å². The number of hydrogen-bond donors (Lipinski definition) is 2. The molecule has 1 saturated heterocycles. The zero-order valence-corrected chi connectivity index (χ0v) is 19.3. The highest BCUT2D eigenvalue weighted by Gasteiger charge is 2.31. The van der Waals surface area contributed by atoms with E-state index in [4.69, 9.17) is 4.74 Å². The average Bonchev–Trinajstić information content (AvgIpc) is 2.77. The SMILES string of the molecule is CCSCCN1CC[C@@H](CC[C@H](O)c2ccnc3ccc(OC)cc23)[C@@H](CC(=O)O)C1. The Morgan fingerprint density at radius 1 is 1.35 bits per heavy atom. The lowest BCUT2D eigenvalue weighted by Gasteiger charge is -2.38. The molecule has 2 N–H and O–H groups in total. The van der Waals surface area contributed by atoms with Crippen LogP contribution in [0.25, 0.3) is 10.9 Å². The number of carboxylic acid groups (broad SMARTS) is 1. The maximum atomic E-state index is 11.5. The summed E-state index contributed by atoms with van der Waals surface area (Å²) in [4.78, 5) is 18.3. The number of aliphatic hydroxyl groups excluding tert-OH is 1. The number of ether oxygens (including phenoxy) is 1. The van der Waals surface area contributed by atoms with Crippen molar-refractivity contribution in [1.82, 2.24) is 9.88 Å². The smallest absolute Gasteiger partial charge is 0.303 e. The van der Waals surface area contributed by atoms with Crippen LogP contribution in [0.5, 0.6) is 5.75 Å². The van der Waals surface area contributed by atoms with Gasteiger partial charge in [0.1, 0.15) is 5.75 Å². The minimum Gasteiger partial charge on any atom is -0.497 e. The summed E-state index contributed by atoms with van der Waals surface area (Å²) in [5.41, 5.74) is 1.69. The van der Waals surface area contributed by atoms with Crippen molar-refractivity contribution < 1.29 is 19.7 Å². The van der Waals surface area contributed by atoms with Crippen LogP contribution in [0.3, 0.4) is 0 Å². The van der Waals surface area contributed by atoms with Crippen molar-refractivity contribution in [2.75, 3.05) is 38.2 Å². The van der Waals surface area contributed by atoms with Crippen LogP contribution in [-0.2, 0) is 4.79 Å². The number of thioether (sulfide) groups is 1. The lowest BCUT2D eigenvalue weighted by Crippen LogP contribution is -2.42. The molecule has 170 valence electrons. The first-order valence-corrected chi connectivity index (χ1v) is 12.3. The molecule has 2 aromatic rings. The number of carbonyl (C=O) groups is 1. The van der Waals surface area contributed by atoms with Gasteiger partial charge in [-0.05, 0) is 73.2 Å². The fraction of sp³-hybridized carbons (Fsp3) is 0.583. The van der Waals surface area contributed by atoms with E-state index in [1.165, 1.54) is 0 Å². The molecule has 31 heavy (non-hydrogen) atoms. The van der Waals surface area contributed by atoms with Gasteiger partial charge in [0.25, 0.3) is 0 Å². The Labute approximate surface area is 189 Å². The molecule has 3 atom stereocenters. The number of piperidine rings is 1. The molecule has 3 rings (SSSR count). The number of methoxy groups -OCH3 is 1. The monoisotopic (exact) mass is 446 g/mol. The van der Waals surface area contributed by atoms with E-state index in [1.807, 2.05) is 36.0 Å². The lowest BCUT2D eigenvalue weighted by atomic mass is 9.79. The molecule has 0 bridgehead atoms. The molecule has 1 aromatic carbocycles. The number of pyridine rings is 1. The topological polar surface area (TPSA) is 82.9 Å². The molecule has 0 saturated carbocycles. The summed E-state index contributed by atoms with van der Waals surface area (Å²) in [5.74, 6) is 2.68. The van der Waals surface area contributed by atoms with E-state index >= 15 is 0 Å². The standard InChI is InChI=1S/C24H34N2O4S/c1-3-31-13-12-26-11-9-17(18(16-26)14-24(28)29)4-7-23(27)20-8-10-25-22-6-5-19(30-2)15-21(20)22/h5-6,8,10,15,17-18,23,27H,3-4,7,9,11-14,16H2,1-2H3,(H,28,29)/t17-,18+,23+/m1/s1. The van der Waals surface area contributed by atoms with Gasteiger partial charge >= 0.3 is 5.97 Å². The maximum absolute atomic E-state index is 11.5. The third kappa shape index (κ3) is 6.57. The van der Waals surface area contributed by atoms with Gasteiger partial charge in [-0.25, -0.2) is 0 Å². The van der Waals surface area contributed by atoms with Crippen LogP contribution in [0, 0.1) is 11.8 Å². The van der Waals surface area contributed by atoms with Crippen molar-refractivity contribution in [2.45, 2.75) is 38.7 Å². The van der Waals surface area contributed by atoms with E-state index in [0.29, 0.717) is 12.3 Å². The fourth-order valence-corrected chi connectivity index (χ4v) is 5.30. The predicted octanol–water partition coefficient (Wildman–Crippen LogP) is 4.22. The number of rotatable bonds is 11. The van der Waals surface area contributed by atoms with Crippen molar-refractivity contribution >= 4 is 28.6 Å². The molecule has 6 nitrogen and oxygen atoms in total. The van der Waals surface area contributed by atoms with Gasteiger partial charge in [0.2, 0.25) is 0 Å². The number of likely N-dealkylation sites (tertiary alicyclic amines) is 1. The molecule has 2 heterocycles. The minimum atomic E-state index is -0.729. The van der Waals surface area contributed by atoms with Crippen molar-refractivity contribution in [1.29, 1.82) is 0 Å². The number of benzene rings is 1. The molecule has 1 aromatic heterocycles. The summed E-state index contributed by atoms with van der Waals surface area (Å²) >= 11 is 1.93. The second-order valence-corrected chi connectivity index (χ2v) is 9.67. The van der Waals surface area contributed by atoms with Gasteiger partial charge in [-0.1, -0.05) is 6.92 Å². The van der Waals surface area contributed by atoms with Crippen molar-refractivity contribution in [2.24, 2.45) is 11.8 Å². The Morgan fingerprint density at radius 3 is 2.94 bits per heavy atom. The summed E-state index contributed by atoms with van der Waals surface area (Å²) in [5, 5.41) is 21.3. The first-order chi connectivity index (χ1) is 15.0. The lowest BCUT2D eigenvalue weighted by molar-refractivity contribution is -0.139. The summed E-state index contributed by atoms with van der Waals surface area (Å²) < 4.78 is 5.34. The Balaban J connectivity index is 1.65. The van der Waals surface area contributed by atoms with Gasteiger partial charge in [0.05, 0.1) is 18.7 Å². The highest BCUT2D eigenvalue weighted by molar-refractivity contribution is 7.99. The van der Waals surface area contributed by atoms with E-state index < -0.39 is 12.1 Å². The molecule has 0 amide bonds. The van der Waals surface area contributed by atoms with Crippen LogP contribution < -0.4 is 4.74 Å². The summed E-state index contributed by atoms with van der Waals surface area (Å²) in [7, 11) is 1.63. The highest BCUT2D eigenvalue weighted by atomic mass is 32.2. The van der Waals surface area contributed by atoms with Crippen molar-refractivity contribution in [3.05, 3.63) is 36.0 Å². The molecule has 0 unspecified atom stereocenters. The minimum absolute atomic E-state index is 0.138. The summed E-state index contributed by atoms with van der Waals surface area (Å²) in [6.45, 7) is 5.04. The third-order valence-corrected chi connectivity index (χ3v) is 7.20. The number of aromatic nitrogens is 1. The van der Waals surface area contributed by atoms with E-state index in [2.05, 4.69) is 16.8 Å². The second-order valence-electron chi connectivity index (χ2n) is 8.28. The maximum Gasteiger partial charge on any atom is 0.303 e. The zero-order valence-electron chi connectivity index (χ0n) is 18.5. The largest absolute Gasteiger partial charge is 0.497 e. The molecule has 0 aliphatic carbocycles. The van der Waals surface area contributed by atoms with Crippen molar-refractivity contribution in [3.8, 4) is 5.75 Å². The number of nitrogens with zero attached hydrogens (tertiary/aromatic N) is 2. The van der Waals surface area contributed by atoms with Gasteiger partial charge in [-0.15, -0.1) is 0 Å². The normalized spacial score (nSPS) is 20.6. The van der Waals surface area contributed by atoms with Gasteiger partial charge < -0.3 is 19.8 Å². The Bertz CT molecular complexity index is 863. The van der Waals surface area contributed by atoms with Gasteiger partial charge in [-0.3, -0.25) is 9.78 Å².